The summed E-state index contributed by atoms with van der Waals surface area (Å²) < 4.78 is 3.13. The lowest BCUT2D eigenvalue weighted by Gasteiger charge is -2.19. The third-order valence-corrected chi connectivity index (χ3v) is 4.16. The summed E-state index contributed by atoms with van der Waals surface area (Å²) in [5.74, 6) is 0. The third kappa shape index (κ3) is 3.62. The van der Waals surface area contributed by atoms with Crippen molar-refractivity contribution >= 4 is 27.5 Å². The van der Waals surface area contributed by atoms with Crippen molar-refractivity contribution in [1.82, 2.24) is 15.1 Å². The van der Waals surface area contributed by atoms with Crippen molar-refractivity contribution in [1.29, 1.82) is 0 Å². The quantitative estimate of drug-likeness (QED) is 0.840. The second-order valence-corrected chi connectivity index (χ2v) is 6.06. The van der Waals surface area contributed by atoms with Gasteiger partial charge in [-0.1, -0.05) is 30.7 Å². The van der Waals surface area contributed by atoms with Crippen LogP contribution in [0.3, 0.4) is 0 Å². The van der Waals surface area contributed by atoms with Crippen LogP contribution in [0.25, 0.3) is 0 Å². The highest BCUT2D eigenvalue weighted by atomic mass is 79.9. The molecule has 3 nitrogen and oxygen atoms in total. The SMILES string of the molecule is CCCn1ncc(Br)c1C(Cc1ccc(Cl)cc1)NC. The van der Waals surface area contributed by atoms with Crippen molar-refractivity contribution < 1.29 is 0 Å². The molecular formula is C15H19BrClN3. The minimum atomic E-state index is 0.222. The molecule has 1 aromatic carbocycles. The molecule has 0 aliphatic heterocycles. The molecule has 0 amide bonds. The van der Waals surface area contributed by atoms with Crippen molar-refractivity contribution in [2.24, 2.45) is 0 Å². The van der Waals surface area contributed by atoms with Crippen LogP contribution < -0.4 is 5.32 Å². The van der Waals surface area contributed by atoms with E-state index in [2.05, 4.69) is 50.1 Å². The summed E-state index contributed by atoms with van der Waals surface area (Å²) in [7, 11) is 1.98. The highest BCUT2D eigenvalue weighted by Crippen LogP contribution is 2.26. The summed E-state index contributed by atoms with van der Waals surface area (Å²) in [5.41, 5.74) is 2.45. The Kier molecular flexibility index (Phi) is 5.64. The van der Waals surface area contributed by atoms with Crippen LogP contribution in [0.15, 0.2) is 34.9 Å². The smallest absolute Gasteiger partial charge is 0.0698 e. The first-order valence-corrected chi connectivity index (χ1v) is 7.95. The molecule has 0 saturated heterocycles. The summed E-state index contributed by atoms with van der Waals surface area (Å²) in [5, 5.41) is 8.59. The van der Waals surface area contributed by atoms with E-state index in [1.165, 1.54) is 11.3 Å². The third-order valence-electron chi connectivity index (χ3n) is 3.30. The number of halogens is 2. The number of benzene rings is 1. The summed E-state index contributed by atoms with van der Waals surface area (Å²) >= 11 is 9.55. The number of aromatic nitrogens is 2. The van der Waals surface area contributed by atoms with Gasteiger partial charge >= 0.3 is 0 Å². The van der Waals surface area contributed by atoms with E-state index in [0.717, 1.165) is 28.9 Å². The Morgan fingerprint density at radius 1 is 1.35 bits per heavy atom. The minimum absolute atomic E-state index is 0.222. The van der Waals surface area contributed by atoms with Crippen molar-refractivity contribution in [2.45, 2.75) is 32.4 Å². The van der Waals surface area contributed by atoms with Crippen molar-refractivity contribution in [3.63, 3.8) is 0 Å². The maximum absolute atomic E-state index is 5.94. The zero-order valence-corrected chi connectivity index (χ0v) is 14.1. The Labute approximate surface area is 133 Å². The topological polar surface area (TPSA) is 29.9 Å². The molecule has 0 saturated carbocycles. The van der Waals surface area contributed by atoms with Gasteiger partial charge in [-0.05, 0) is 53.5 Å². The first kappa shape index (κ1) is 15.5. The minimum Gasteiger partial charge on any atom is -0.311 e. The fourth-order valence-corrected chi connectivity index (χ4v) is 3.00. The Morgan fingerprint density at radius 2 is 2.05 bits per heavy atom. The van der Waals surface area contributed by atoms with Gasteiger partial charge < -0.3 is 5.32 Å². The molecule has 108 valence electrons. The maximum atomic E-state index is 5.94. The Morgan fingerprint density at radius 3 is 2.65 bits per heavy atom. The van der Waals surface area contributed by atoms with Crippen molar-refractivity contribution in [3.8, 4) is 0 Å². The largest absolute Gasteiger partial charge is 0.311 e. The summed E-state index contributed by atoms with van der Waals surface area (Å²) in [4.78, 5) is 0. The average molecular weight is 357 g/mol. The predicted octanol–water partition coefficient (Wildman–Crippen LogP) is 4.21. The average Bonchev–Trinajstić information content (AvgIpc) is 2.80. The summed E-state index contributed by atoms with van der Waals surface area (Å²) in [6.07, 6.45) is 3.84. The molecule has 1 N–H and O–H groups in total. The van der Waals surface area contributed by atoms with E-state index in [1.54, 1.807) is 0 Å². The van der Waals surface area contributed by atoms with Crippen LogP contribution in [-0.2, 0) is 13.0 Å². The molecule has 2 aromatic rings. The number of aryl methyl sites for hydroxylation is 1. The molecule has 0 aliphatic rings. The van der Waals surface area contributed by atoms with Gasteiger partial charge in [-0.3, -0.25) is 4.68 Å². The monoisotopic (exact) mass is 355 g/mol. The van der Waals surface area contributed by atoms with Gasteiger partial charge in [0.2, 0.25) is 0 Å². The Bertz CT molecular complexity index is 551. The van der Waals surface area contributed by atoms with Crippen LogP contribution in [0, 0.1) is 0 Å². The molecule has 1 heterocycles. The lowest BCUT2D eigenvalue weighted by molar-refractivity contribution is 0.495. The van der Waals surface area contributed by atoms with Crippen molar-refractivity contribution in [3.05, 3.63) is 51.2 Å². The fourth-order valence-electron chi connectivity index (χ4n) is 2.30. The second kappa shape index (κ2) is 7.25. The lowest BCUT2D eigenvalue weighted by atomic mass is 10.0. The molecule has 1 aromatic heterocycles. The van der Waals surface area contributed by atoms with Gasteiger partial charge in [0.25, 0.3) is 0 Å². The van der Waals surface area contributed by atoms with E-state index in [0.29, 0.717) is 0 Å². The van der Waals surface area contributed by atoms with E-state index >= 15 is 0 Å². The van der Waals surface area contributed by atoms with Crippen LogP contribution in [0.5, 0.6) is 0 Å². The molecular weight excluding hydrogens is 338 g/mol. The van der Waals surface area contributed by atoms with Crippen molar-refractivity contribution in [2.75, 3.05) is 7.05 Å². The number of hydrogen-bond donors (Lipinski definition) is 1. The molecule has 2 rings (SSSR count). The standard InChI is InChI=1S/C15H19BrClN3/c1-3-8-20-15(13(16)10-19-20)14(18-2)9-11-4-6-12(17)7-5-11/h4-7,10,14,18H,3,8-9H2,1-2H3. The fraction of sp³-hybridized carbons (Fsp3) is 0.400. The van der Waals surface area contributed by atoms with E-state index in [4.69, 9.17) is 11.6 Å². The van der Waals surface area contributed by atoms with E-state index in [1.807, 2.05) is 25.4 Å². The first-order chi connectivity index (χ1) is 9.65. The number of nitrogens with one attached hydrogen (secondary N) is 1. The van der Waals surface area contributed by atoms with E-state index in [9.17, 15) is 0 Å². The van der Waals surface area contributed by atoms with Gasteiger partial charge in [0, 0.05) is 11.6 Å². The first-order valence-electron chi connectivity index (χ1n) is 6.78. The van der Waals surface area contributed by atoms with Crippen LogP contribution >= 0.6 is 27.5 Å². The van der Waals surface area contributed by atoms with Crippen LogP contribution in [0.4, 0.5) is 0 Å². The number of hydrogen-bond acceptors (Lipinski definition) is 2. The summed E-state index contributed by atoms with van der Waals surface area (Å²) in [6, 6.07) is 8.23. The van der Waals surface area contributed by atoms with Gasteiger partial charge in [0.1, 0.15) is 0 Å². The molecule has 0 aliphatic carbocycles. The van der Waals surface area contributed by atoms with Crippen LogP contribution in [0.2, 0.25) is 5.02 Å². The predicted molar refractivity (Wildman–Crippen MR) is 87.2 cm³/mol. The second-order valence-electron chi connectivity index (χ2n) is 4.77. The molecule has 1 atom stereocenters. The molecule has 0 radical (unpaired) electrons. The molecule has 0 bridgehead atoms. The van der Waals surface area contributed by atoms with E-state index in [-0.39, 0.29) is 6.04 Å². The van der Waals surface area contributed by atoms with Crippen LogP contribution in [-0.4, -0.2) is 16.8 Å². The maximum Gasteiger partial charge on any atom is 0.0698 e. The van der Waals surface area contributed by atoms with Gasteiger partial charge in [0.15, 0.2) is 0 Å². The van der Waals surface area contributed by atoms with Gasteiger partial charge in [-0.2, -0.15) is 5.10 Å². The zero-order valence-electron chi connectivity index (χ0n) is 11.7. The van der Waals surface area contributed by atoms with E-state index < -0.39 is 0 Å². The van der Waals surface area contributed by atoms with Gasteiger partial charge in [-0.15, -0.1) is 0 Å². The van der Waals surface area contributed by atoms with Gasteiger partial charge in [0.05, 0.1) is 22.4 Å². The zero-order chi connectivity index (χ0) is 14.5. The molecule has 1 unspecified atom stereocenters. The Balaban J connectivity index is 2.23. The highest BCUT2D eigenvalue weighted by Gasteiger charge is 2.18. The molecule has 0 spiro atoms. The summed E-state index contributed by atoms with van der Waals surface area (Å²) in [6.45, 7) is 3.09. The Hall–Kier alpha value is -0.840. The lowest BCUT2D eigenvalue weighted by Crippen LogP contribution is -2.23. The molecule has 20 heavy (non-hydrogen) atoms. The highest BCUT2D eigenvalue weighted by molar-refractivity contribution is 9.10. The molecule has 0 fully saturated rings. The number of likely N-dealkylation sites (N-methyl/N-ethyl adjacent to an activating group) is 1. The van der Waals surface area contributed by atoms with Crippen LogP contribution in [0.1, 0.15) is 30.6 Å². The molecule has 5 heteroatoms. The van der Waals surface area contributed by atoms with Gasteiger partial charge in [-0.25, -0.2) is 0 Å². The number of nitrogens with zero attached hydrogens (tertiary/aromatic N) is 2. The number of rotatable bonds is 6. The normalized spacial score (nSPS) is 12.6.